The van der Waals surface area contributed by atoms with Gasteiger partial charge >= 0.3 is 23.1 Å². The van der Waals surface area contributed by atoms with Gasteiger partial charge < -0.3 is 28.8 Å². The van der Waals surface area contributed by atoms with E-state index in [4.69, 9.17) is 27.9 Å². The number of epoxide rings is 1. The van der Waals surface area contributed by atoms with Gasteiger partial charge in [-0.15, -0.1) is 36.4 Å². The van der Waals surface area contributed by atoms with Crippen LogP contribution in [0.2, 0.25) is 0 Å². The van der Waals surface area contributed by atoms with Crippen LogP contribution in [0, 0.1) is 6.58 Å². The molecule has 1 saturated heterocycles. The second kappa shape index (κ2) is 33.0. The maximum Gasteiger partial charge on any atom is 2.00 e. The van der Waals surface area contributed by atoms with Gasteiger partial charge in [-0.05, 0) is 38.5 Å². The molecule has 4 aliphatic rings. The van der Waals surface area contributed by atoms with Gasteiger partial charge in [-0.25, -0.2) is 0 Å². The number of hydrogen-bond donors (Lipinski definition) is 1. The standard InChI is InChI=1S/C14H25ClO.C14H24O.C12H21ClO.C2H3.ClH.Mg/c1-2-14(16)12-10-8-6-4-3-5-7-9-11-13(14)15;1-2-14-12-10-8-6-4-3-5-7-9-11-13(14)15-14;13-11-9-7-5-3-1-2-4-6-8-10-12(11)14;1-2;;/h2,13,16H,1,3-12H2;2,13H,1,3-12H2;11H,1-10H2;1H,2H2;1H;/q;;;-1;;+2/p-1. The fraction of sp³-hybridized carbons (Fsp3) is 0.833. The average Bonchev–Trinajstić information content (AvgIpc) is 3.78. The van der Waals surface area contributed by atoms with Crippen LogP contribution < -0.4 is 12.4 Å². The molecule has 49 heavy (non-hydrogen) atoms. The molecule has 3 saturated carbocycles. The monoisotopic (exact) mass is 754 g/mol. The van der Waals surface area contributed by atoms with Crippen molar-refractivity contribution < 1.29 is 27.0 Å². The summed E-state index contributed by atoms with van der Waals surface area (Å²) in [7, 11) is 0. The number of fused-ring (bicyclic) bond motifs is 1. The Kier molecular flexibility index (Phi) is 34.8. The first-order valence-corrected chi connectivity index (χ1v) is 20.6. The van der Waals surface area contributed by atoms with Crippen molar-refractivity contribution in [3.05, 3.63) is 38.5 Å². The molecule has 4 fully saturated rings. The molecular weight excluding hydrogens is 683 g/mol. The summed E-state index contributed by atoms with van der Waals surface area (Å²) in [5, 5.41) is 10.0. The first kappa shape index (κ1) is 51.6. The van der Waals surface area contributed by atoms with E-state index in [1.807, 2.05) is 0 Å². The Morgan fingerprint density at radius 1 is 0.612 bits per heavy atom. The molecule has 0 radical (unpaired) electrons. The zero-order chi connectivity index (χ0) is 34.6. The zero-order valence-corrected chi connectivity index (χ0v) is 35.1. The number of halogens is 3. The molecule has 5 unspecified atom stereocenters. The molecule has 282 valence electrons. The maximum absolute atomic E-state index is 11.5. The molecule has 0 spiro atoms. The summed E-state index contributed by atoms with van der Waals surface area (Å²) in [6.45, 7) is 14.7. The Hall–Kier alpha value is 0.446. The van der Waals surface area contributed by atoms with E-state index >= 15 is 0 Å². The van der Waals surface area contributed by atoms with Gasteiger partial charge in [-0.3, -0.25) is 11.4 Å². The van der Waals surface area contributed by atoms with Gasteiger partial charge in [0.15, 0.2) is 5.78 Å². The molecule has 0 bridgehead atoms. The molecule has 3 aliphatic carbocycles. The van der Waals surface area contributed by atoms with E-state index < -0.39 is 5.60 Å². The van der Waals surface area contributed by atoms with Crippen LogP contribution in [0.4, 0.5) is 0 Å². The van der Waals surface area contributed by atoms with Crippen molar-refractivity contribution >= 4 is 52.0 Å². The second-order valence-corrected chi connectivity index (χ2v) is 15.5. The number of aliphatic hydroxyl groups is 1. The molecule has 7 heteroatoms. The van der Waals surface area contributed by atoms with E-state index in [2.05, 4.69) is 32.4 Å². The molecular formula is C42H73Cl3MgO3. The smallest absolute Gasteiger partial charge is 1.00 e. The summed E-state index contributed by atoms with van der Waals surface area (Å²) < 4.78 is 5.85. The summed E-state index contributed by atoms with van der Waals surface area (Å²) in [5.41, 5.74) is -0.750. The van der Waals surface area contributed by atoms with Crippen molar-refractivity contribution in [1.82, 2.24) is 0 Å². The molecule has 3 nitrogen and oxygen atoms in total. The Bertz CT molecular complexity index is 814. The summed E-state index contributed by atoms with van der Waals surface area (Å²) in [6.07, 6.45) is 41.0. The normalized spacial score (nSPS) is 31.1. The quantitative estimate of drug-likeness (QED) is 0.100. The second-order valence-electron chi connectivity index (χ2n) is 14.5. The van der Waals surface area contributed by atoms with Crippen molar-refractivity contribution in [2.75, 3.05) is 0 Å². The number of rotatable bonds is 2. The minimum absolute atomic E-state index is 0. The summed E-state index contributed by atoms with van der Waals surface area (Å²) >= 11 is 12.3. The van der Waals surface area contributed by atoms with E-state index in [9.17, 15) is 9.90 Å². The molecule has 0 aromatic carbocycles. The van der Waals surface area contributed by atoms with Gasteiger partial charge in [-0.2, -0.15) is 0 Å². The van der Waals surface area contributed by atoms with Crippen LogP contribution in [-0.4, -0.2) is 62.0 Å². The van der Waals surface area contributed by atoms with Gasteiger partial charge in [0.1, 0.15) is 5.60 Å². The van der Waals surface area contributed by atoms with Crippen molar-refractivity contribution in [3.8, 4) is 0 Å². The van der Waals surface area contributed by atoms with Gasteiger partial charge in [0.05, 0.1) is 22.5 Å². The molecule has 0 aromatic rings. The van der Waals surface area contributed by atoms with Crippen LogP contribution in [0.1, 0.15) is 193 Å². The number of Topliss-reactive ketones (excluding diaryl/α,β-unsaturated/α-hetero) is 1. The number of alkyl halides is 2. The van der Waals surface area contributed by atoms with E-state index in [0.29, 0.717) is 12.5 Å². The predicted octanol–water partition coefficient (Wildman–Crippen LogP) is 9.96. The number of hydrogen-bond acceptors (Lipinski definition) is 3. The SMILES string of the molecule is C=CC1(O)CCCCCCCCCCC1Cl.C=CC12CCCCCCCCCCC1O2.O=C1CCCCCCCCCCC1Cl.[CH-]=C.[Cl-].[Mg+2]. The topological polar surface area (TPSA) is 49.8 Å². The van der Waals surface area contributed by atoms with Crippen LogP contribution in [0.15, 0.2) is 31.9 Å². The van der Waals surface area contributed by atoms with E-state index in [1.165, 1.54) is 141 Å². The predicted molar refractivity (Wildman–Crippen MR) is 211 cm³/mol. The fourth-order valence-corrected chi connectivity index (χ4v) is 7.87. The summed E-state index contributed by atoms with van der Waals surface area (Å²) in [6, 6.07) is 0. The Labute approximate surface area is 336 Å². The zero-order valence-electron chi connectivity index (χ0n) is 31.4. The Balaban J connectivity index is 0. The van der Waals surface area contributed by atoms with E-state index in [-0.39, 0.29) is 57.6 Å². The van der Waals surface area contributed by atoms with E-state index in [1.54, 1.807) is 6.08 Å². The Morgan fingerprint density at radius 2 is 1.00 bits per heavy atom. The molecule has 1 N–H and O–H groups in total. The first-order chi connectivity index (χ1) is 22.9. The minimum atomic E-state index is -0.846. The molecule has 1 heterocycles. The van der Waals surface area contributed by atoms with Crippen LogP contribution >= 0.6 is 23.2 Å². The van der Waals surface area contributed by atoms with Gasteiger partial charge in [0.2, 0.25) is 0 Å². The molecule has 0 amide bonds. The number of carbonyl (C=O) groups is 1. The van der Waals surface area contributed by atoms with Crippen molar-refractivity contribution in [3.63, 3.8) is 0 Å². The minimum Gasteiger partial charge on any atom is -1.00 e. The van der Waals surface area contributed by atoms with Crippen LogP contribution in [0.5, 0.6) is 0 Å². The van der Waals surface area contributed by atoms with E-state index in [0.717, 1.165) is 44.9 Å². The molecule has 1 aliphatic heterocycles. The van der Waals surface area contributed by atoms with Crippen molar-refractivity contribution in [1.29, 1.82) is 0 Å². The fourth-order valence-electron chi connectivity index (χ4n) is 7.26. The number of ketones is 1. The maximum atomic E-state index is 11.5. The van der Waals surface area contributed by atoms with Crippen LogP contribution in [0.3, 0.4) is 0 Å². The first-order valence-electron chi connectivity index (χ1n) is 19.8. The summed E-state index contributed by atoms with van der Waals surface area (Å²) in [4.78, 5) is 11.5. The van der Waals surface area contributed by atoms with Gasteiger partial charge in [0, 0.05) is 6.42 Å². The third-order valence-electron chi connectivity index (χ3n) is 10.6. The van der Waals surface area contributed by atoms with Crippen LogP contribution in [0.25, 0.3) is 0 Å². The average molecular weight is 757 g/mol. The molecule has 5 atom stereocenters. The van der Waals surface area contributed by atoms with Crippen LogP contribution in [-0.2, 0) is 9.53 Å². The third kappa shape index (κ3) is 23.7. The number of carbonyl (C=O) groups excluding carboxylic acids is 1. The van der Waals surface area contributed by atoms with Gasteiger partial charge in [-0.1, -0.05) is 160 Å². The van der Waals surface area contributed by atoms with Crippen molar-refractivity contribution in [2.24, 2.45) is 0 Å². The third-order valence-corrected chi connectivity index (χ3v) is 11.7. The molecule has 4 rings (SSSR count). The Morgan fingerprint density at radius 3 is 1.47 bits per heavy atom. The van der Waals surface area contributed by atoms with Crippen molar-refractivity contribution in [2.45, 2.75) is 221 Å². The molecule has 0 aromatic heterocycles. The summed E-state index contributed by atoms with van der Waals surface area (Å²) in [5.74, 6) is 0.271. The van der Waals surface area contributed by atoms with Gasteiger partial charge in [0.25, 0.3) is 0 Å². The number of ether oxygens (including phenoxy) is 1. The largest absolute Gasteiger partial charge is 2.00 e.